The highest BCUT2D eigenvalue weighted by molar-refractivity contribution is 6.53. The average Bonchev–Trinajstić information content (AvgIpc) is 3.19. The highest BCUT2D eigenvalue weighted by Crippen LogP contribution is 2.49. The van der Waals surface area contributed by atoms with Crippen molar-refractivity contribution in [2.24, 2.45) is 5.41 Å². The fraction of sp³-hybridized carbons (Fsp3) is 0.611. The lowest BCUT2D eigenvalue weighted by molar-refractivity contribution is 0.00578. The maximum atomic E-state index is 14.7. The van der Waals surface area contributed by atoms with E-state index in [4.69, 9.17) is 14.0 Å². The molecule has 1 aliphatic carbocycles. The standard InChI is InChI=1S/C18H25BFNO3/c1-13-7-6-8-15(21-13)22-12-18(9-10-18)11-14(20)19-23-16(2,3)17(4,5)24-19/h6-8,11H,9-10,12H2,1-5H3. The summed E-state index contributed by atoms with van der Waals surface area (Å²) in [5, 5.41) is 0. The Morgan fingerprint density at radius 3 is 2.42 bits per heavy atom. The first kappa shape index (κ1) is 17.4. The lowest BCUT2D eigenvalue weighted by Crippen LogP contribution is -2.41. The summed E-state index contributed by atoms with van der Waals surface area (Å²) in [6.45, 7) is 9.99. The first-order valence-electron chi connectivity index (χ1n) is 8.43. The Kier molecular flexibility index (Phi) is 4.25. The highest BCUT2D eigenvalue weighted by atomic mass is 19.1. The first-order valence-corrected chi connectivity index (χ1v) is 8.43. The minimum atomic E-state index is -0.940. The lowest BCUT2D eigenvalue weighted by Gasteiger charge is -2.32. The van der Waals surface area contributed by atoms with E-state index in [-0.39, 0.29) is 11.1 Å². The molecule has 130 valence electrons. The summed E-state index contributed by atoms with van der Waals surface area (Å²) >= 11 is 0. The topological polar surface area (TPSA) is 40.6 Å². The number of aryl methyl sites for hydroxylation is 1. The van der Waals surface area contributed by atoms with Gasteiger partial charge in [0, 0.05) is 17.2 Å². The van der Waals surface area contributed by atoms with Crippen molar-refractivity contribution < 1.29 is 18.4 Å². The van der Waals surface area contributed by atoms with Gasteiger partial charge in [-0.25, -0.2) is 9.37 Å². The molecule has 0 amide bonds. The molecule has 2 heterocycles. The first-order chi connectivity index (χ1) is 11.1. The van der Waals surface area contributed by atoms with Gasteiger partial charge in [0.2, 0.25) is 5.88 Å². The van der Waals surface area contributed by atoms with E-state index in [1.165, 1.54) is 0 Å². The second-order valence-corrected chi connectivity index (χ2v) is 7.89. The predicted molar refractivity (Wildman–Crippen MR) is 91.4 cm³/mol. The molecule has 0 N–H and O–H groups in total. The van der Waals surface area contributed by atoms with Crippen molar-refractivity contribution >= 4 is 7.12 Å². The maximum absolute atomic E-state index is 14.7. The number of halogens is 1. The molecule has 1 aliphatic heterocycles. The molecule has 0 unspecified atom stereocenters. The molecule has 2 aliphatic rings. The molecule has 2 fully saturated rings. The Morgan fingerprint density at radius 2 is 1.88 bits per heavy atom. The highest BCUT2D eigenvalue weighted by Gasteiger charge is 2.54. The van der Waals surface area contributed by atoms with Gasteiger partial charge in [-0.15, -0.1) is 0 Å². The Balaban J connectivity index is 1.65. The summed E-state index contributed by atoms with van der Waals surface area (Å²) in [4.78, 5) is 4.31. The van der Waals surface area contributed by atoms with E-state index in [2.05, 4.69) is 4.98 Å². The molecule has 3 rings (SSSR count). The van der Waals surface area contributed by atoms with E-state index in [0.717, 1.165) is 18.5 Å². The van der Waals surface area contributed by atoms with Gasteiger partial charge in [-0.2, -0.15) is 0 Å². The zero-order valence-corrected chi connectivity index (χ0v) is 15.1. The SMILES string of the molecule is Cc1cccc(OCC2(C=C(F)B3OC(C)(C)C(C)(C)O3)CC2)n1. The molecule has 6 heteroatoms. The smallest absolute Gasteiger partial charge is 0.477 e. The number of ether oxygens (including phenoxy) is 1. The van der Waals surface area contributed by atoms with E-state index in [0.29, 0.717) is 12.5 Å². The molecular weight excluding hydrogens is 308 g/mol. The third-order valence-corrected chi connectivity index (χ3v) is 5.19. The molecule has 0 spiro atoms. The minimum absolute atomic E-state index is 0.279. The van der Waals surface area contributed by atoms with Crippen molar-refractivity contribution in [1.29, 1.82) is 0 Å². The van der Waals surface area contributed by atoms with Crippen LogP contribution in [0, 0.1) is 12.3 Å². The van der Waals surface area contributed by atoms with Gasteiger partial charge in [0.25, 0.3) is 0 Å². The van der Waals surface area contributed by atoms with Crippen LogP contribution in [0.15, 0.2) is 30.0 Å². The van der Waals surface area contributed by atoms with Crippen LogP contribution in [0.3, 0.4) is 0 Å². The number of hydrogen-bond acceptors (Lipinski definition) is 4. The van der Waals surface area contributed by atoms with Crippen LogP contribution in [-0.4, -0.2) is 29.9 Å². The van der Waals surface area contributed by atoms with E-state index < -0.39 is 18.3 Å². The minimum Gasteiger partial charge on any atom is -0.477 e. The van der Waals surface area contributed by atoms with Gasteiger partial charge in [-0.05, 0) is 59.6 Å². The number of nitrogens with zero attached hydrogens (tertiary/aromatic N) is 1. The van der Waals surface area contributed by atoms with Crippen LogP contribution >= 0.6 is 0 Å². The van der Waals surface area contributed by atoms with Crippen molar-refractivity contribution in [3.8, 4) is 5.88 Å². The van der Waals surface area contributed by atoms with Crippen molar-refractivity contribution in [1.82, 2.24) is 4.98 Å². The summed E-state index contributed by atoms with van der Waals surface area (Å²) in [7, 11) is -0.940. The fourth-order valence-corrected chi connectivity index (χ4v) is 2.62. The third-order valence-electron chi connectivity index (χ3n) is 5.19. The summed E-state index contributed by atoms with van der Waals surface area (Å²) in [5.41, 5.74) is -0.828. The summed E-state index contributed by atoms with van der Waals surface area (Å²) in [6, 6.07) is 5.63. The molecule has 0 bridgehead atoms. The Labute approximate surface area is 143 Å². The van der Waals surface area contributed by atoms with Crippen LogP contribution < -0.4 is 4.74 Å². The normalized spacial score (nSPS) is 24.1. The van der Waals surface area contributed by atoms with Gasteiger partial charge < -0.3 is 14.0 Å². The fourth-order valence-electron chi connectivity index (χ4n) is 2.62. The molecular formula is C18H25BFNO3. The lowest BCUT2D eigenvalue weighted by atomic mass is 9.85. The molecule has 24 heavy (non-hydrogen) atoms. The number of pyridine rings is 1. The number of hydrogen-bond donors (Lipinski definition) is 0. The molecule has 4 nitrogen and oxygen atoms in total. The van der Waals surface area contributed by atoms with Gasteiger partial charge in [0.05, 0.1) is 17.8 Å². The van der Waals surface area contributed by atoms with E-state index in [9.17, 15) is 4.39 Å². The third kappa shape index (κ3) is 3.49. The Morgan fingerprint density at radius 1 is 1.25 bits per heavy atom. The van der Waals surface area contributed by atoms with Crippen LogP contribution in [0.1, 0.15) is 46.2 Å². The van der Waals surface area contributed by atoms with Crippen LogP contribution in [0.2, 0.25) is 0 Å². The van der Waals surface area contributed by atoms with Crippen molar-refractivity contribution in [3.05, 3.63) is 35.7 Å². The number of aromatic nitrogens is 1. The predicted octanol–water partition coefficient (Wildman–Crippen LogP) is 4.03. The quantitative estimate of drug-likeness (QED) is 0.763. The van der Waals surface area contributed by atoms with Crippen molar-refractivity contribution in [2.45, 2.75) is 58.7 Å². The second-order valence-electron chi connectivity index (χ2n) is 7.89. The summed E-state index contributed by atoms with van der Waals surface area (Å²) in [6.07, 6.45) is 3.41. The monoisotopic (exact) mass is 333 g/mol. The van der Waals surface area contributed by atoms with Crippen LogP contribution in [-0.2, 0) is 9.31 Å². The van der Waals surface area contributed by atoms with E-state index in [1.807, 2.05) is 52.8 Å². The van der Waals surface area contributed by atoms with Gasteiger partial charge in [0.1, 0.15) is 5.73 Å². The van der Waals surface area contributed by atoms with Gasteiger partial charge in [0.15, 0.2) is 0 Å². The molecule has 1 aromatic heterocycles. The molecule has 0 atom stereocenters. The van der Waals surface area contributed by atoms with Crippen molar-refractivity contribution in [3.63, 3.8) is 0 Å². The number of rotatable bonds is 5. The van der Waals surface area contributed by atoms with Crippen molar-refractivity contribution in [2.75, 3.05) is 6.61 Å². The van der Waals surface area contributed by atoms with E-state index >= 15 is 0 Å². The van der Waals surface area contributed by atoms with Crippen LogP contribution in [0.4, 0.5) is 4.39 Å². The molecule has 1 saturated heterocycles. The van der Waals surface area contributed by atoms with Gasteiger partial charge in [-0.3, -0.25) is 0 Å². The van der Waals surface area contributed by atoms with Gasteiger partial charge in [-0.1, -0.05) is 6.07 Å². The summed E-state index contributed by atoms with van der Waals surface area (Å²) < 4.78 is 31.9. The molecule has 0 radical (unpaired) electrons. The molecule has 0 aromatic carbocycles. The summed E-state index contributed by atoms with van der Waals surface area (Å²) in [5.74, 6) is 0.575. The molecule has 1 aromatic rings. The zero-order chi connectivity index (χ0) is 17.6. The maximum Gasteiger partial charge on any atom is 0.524 e. The average molecular weight is 333 g/mol. The molecule has 1 saturated carbocycles. The van der Waals surface area contributed by atoms with E-state index in [1.54, 1.807) is 6.08 Å². The zero-order valence-electron chi connectivity index (χ0n) is 15.1. The Hall–Kier alpha value is -1.40. The van der Waals surface area contributed by atoms with Crippen LogP contribution in [0.5, 0.6) is 5.88 Å². The van der Waals surface area contributed by atoms with Crippen LogP contribution in [0.25, 0.3) is 0 Å². The second kappa shape index (κ2) is 5.85. The largest absolute Gasteiger partial charge is 0.524 e. The van der Waals surface area contributed by atoms with Gasteiger partial charge >= 0.3 is 7.12 Å². The Bertz CT molecular complexity index is 639.